The molecule has 3 aromatic rings. The summed E-state index contributed by atoms with van der Waals surface area (Å²) in [5.41, 5.74) is 5.37. The van der Waals surface area contributed by atoms with Crippen LogP contribution < -0.4 is 21.3 Å². The average molecular weight is 519 g/mol. The van der Waals surface area contributed by atoms with Gasteiger partial charge in [-0.1, -0.05) is 12.1 Å². The zero-order valence-electron chi connectivity index (χ0n) is 21.0. The first-order valence-corrected chi connectivity index (χ1v) is 12.3. The first-order valence-electron chi connectivity index (χ1n) is 12.3. The number of hydrogen-bond donors (Lipinski definition) is 2. The number of hydrogen-bond acceptors (Lipinski definition) is 8. The largest absolute Gasteiger partial charge is 0.489 e. The molecule has 3 heterocycles. The molecule has 2 saturated heterocycles. The van der Waals surface area contributed by atoms with Crippen LogP contribution in [-0.2, 0) is 32.9 Å². The standard InChI is InChI=1S/C26H27BFN5O5/c1-15-30-21-12-18(38-14-17-3-2-16(10-19(17)28)13-32-6-8-37-9-7-32)11-20(29)23(21)24(35)33(15)26(27)5-4-22(34)31-25(26)36/h2-3,10-12H,4-9,13-14,29H2,1H3,(H,31,34,36). The Morgan fingerprint density at radius 1 is 1.21 bits per heavy atom. The van der Waals surface area contributed by atoms with Crippen LogP contribution in [0.25, 0.3) is 10.9 Å². The number of benzene rings is 2. The zero-order valence-corrected chi connectivity index (χ0v) is 21.0. The molecule has 1 atom stereocenters. The van der Waals surface area contributed by atoms with Crippen molar-refractivity contribution in [2.45, 2.75) is 38.4 Å². The number of nitrogen functional groups attached to an aromatic ring is 1. The topological polar surface area (TPSA) is 129 Å². The number of ether oxygens (including phenoxy) is 2. The normalized spacial score (nSPS) is 20.5. The number of imide groups is 1. The van der Waals surface area contributed by atoms with Crippen molar-refractivity contribution in [1.82, 2.24) is 19.8 Å². The summed E-state index contributed by atoms with van der Waals surface area (Å²) in [4.78, 5) is 44.2. The summed E-state index contributed by atoms with van der Waals surface area (Å²) >= 11 is 0. The van der Waals surface area contributed by atoms with Crippen molar-refractivity contribution in [2.75, 3.05) is 32.0 Å². The summed E-state index contributed by atoms with van der Waals surface area (Å²) < 4.78 is 27.0. The average Bonchev–Trinajstić information content (AvgIpc) is 2.86. The number of fused-ring (bicyclic) bond motifs is 1. The van der Waals surface area contributed by atoms with E-state index >= 15 is 0 Å². The number of piperidine rings is 1. The second kappa shape index (κ2) is 10.2. The van der Waals surface area contributed by atoms with Crippen molar-refractivity contribution in [3.63, 3.8) is 0 Å². The summed E-state index contributed by atoms with van der Waals surface area (Å²) in [6.07, 6.45) is -0.0668. The number of anilines is 1. The summed E-state index contributed by atoms with van der Waals surface area (Å²) in [6.45, 7) is 5.11. The zero-order chi connectivity index (χ0) is 27.0. The van der Waals surface area contributed by atoms with Crippen LogP contribution in [0.5, 0.6) is 5.75 Å². The van der Waals surface area contributed by atoms with E-state index in [1.54, 1.807) is 6.07 Å². The lowest BCUT2D eigenvalue weighted by molar-refractivity contribution is -0.137. The molecule has 1 unspecified atom stereocenters. The van der Waals surface area contributed by atoms with E-state index in [0.717, 1.165) is 23.2 Å². The van der Waals surface area contributed by atoms with Gasteiger partial charge >= 0.3 is 0 Å². The maximum atomic E-state index is 14.8. The van der Waals surface area contributed by atoms with Crippen molar-refractivity contribution in [2.24, 2.45) is 0 Å². The maximum absolute atomic E-state index is 14.8. The second-order valence-electron chi connectivity index (χ2n) is 9.61. The third-order valence-electron chi connectivity index (χ3n) is 6.94. The number of amides is 2. The molecular formula is C26H27BFN5O5. The van der Waals surface area contributed by atoms with E-state index in [1.807, 2.05) is 6.07 Å². The first-order chi connectivity index (χ1) is 18.2. The Labute approximate surface area is 219 Å². The van der Waals surface area contributed by atoms with Gasteiger partial charge in [0.15, 0.2) is 0 Å². The molecule has 0 saturated carbocycles. The predicted octanol–water partition coefficient (Wildman–Crippen LogP) is 1.10. The van der Waals surface area contributed by atoms with Gasteiger partial charge in [0, 0.05) is 43.8 Å². The van der Waals surface area contributed by atoms with E-state index in [9.17, 15) is 18.8 Å². The fraction of sp³-hybridized carbons (Fsp3) is 0.385. The van der Waals surface area contributed by atoms with Crippen molar-refractivity contribution < 1.29 is 23.5 Å². The van der Waals surface area contributed by atoms with Gasteiger partial charge < -0.3 is 15.2 Å². The van der Waals surface area contributed by atoms with Gasteiger partial charge in [0.25, 0.3) is 5.56 Å². The molecule has 2 aromatic carbocycles. The van der Waals surface area contributed by atoms with E-state index in [-0.39, 0.29) is 47.7 Å². The monoisotopic (exact) mass is 519 g/mol. The van der Waals surface area contributed by atoms with E-state index in [4.69, 9.17) is 23.1 Å². The van der Waals surface area contributed by atoms with Crippen LogP contribution in [0.2, 0.25) is 0 Å². The molecule has 2 fully saturated rings. The molecule has 196 valence electrons. The minimum atomic E-state index is -1.77. The lowest BCUT2D eigenvalue weighted by Crippen LogP contribution is -2.58. The minimum Gasteiger partial charge on any atom is -0.489 e. The summed E-state index contributed by atoms with van der Waals surface area (Å²) in [5.74, 6) is -1.14. The van der Waals surface area contributed by atoms with Gasteiger partial charge in [0.05, 0.1) is 35.2 Å². The lowest BCUT2D eigenvalue weighted by Gasteiger charge is -2.35. The van der Waals surface area contributed by atoms with Crippen molar-refractivity contribution in [3.8, 4) is 5.75 Å². The number of aromatic nitrogens is 2. The van der Waals surface area contributed by atoms with Crippen LogP contribution in [0.4, 0.5) is 10.1 Å². The number of nitrogens with zero attached hydrogens (tertiary/aromatic N) is 3. The number of aryl methyl sites for hydroxylation is 1. The van der Waals surface area contributed by atoms with Crippen molar-refractivity contribution in [3.05, 3.63) is 63.5 Å². The highest BCUT2D eigenvalue weighted by atomic mass is 19.1. The van der Waals surface area contributed by atoms with Crippen molar-refractivity contribution >= 4 is 36.3 Å². The Morgan fingerprint density at radius 2 is 1.97 bits per heavy atom. The van der Waals surface area contributed by atoms with E-state index in [1.165, 1.54) is 25.1 Å². The van der Waals surface area contributed by atoms with Gasteiger partial charge in [-0.05, 0) is 25.0 Å². The number of morpholine rings is 1. The molecule has 2 aliphatic heterocycles. The van der Waals surface area contributed by atoms with Gasteiger partial charge in [-0.3, -0.25) is 29.2 Å². The van der Waals surface area contributed by atoms with Gasteiger partial charge in [0.2, 0.25) is 11.8 Å². The first kappa shape index (κ1) is 25.9. The van der Waals surface area contributed by atoms with E-state index in [2.05, 4.69) is 15.2 Å². The van der Waals surface area contributed by atoms with Crippen LogP contribution >= 0.6 is 0 Å². The molecular weight excluding hydrogens is 492 g/mol. The SMILES string of the molecule is [B]C1(n2c(C)nc3cc(OCc4ccc(CN5CCOCC5)cc4F)cc(N)c3c2=O)CCC(=O)NC1=O. The third-order valence-corrected chi connectivity index (χ3v) is 6.94. The molecule has 0 spiro atoms. The number of nitrogens with one attached hydrogen (secondary N) is 1. The predicted molar refractivity (Wildman–Crippen MR) is 138 cm³/mol. The van der Waals surface area contributed by atoms with Gasteiger partial charge in [-0.2, -0.15) is 0 Å². The number of nitrogens with two attached hydrogens (primary N) is 1. The number of halogens is 1. The summed E-state index contributed by atoms with van der Waals surface area (Å²) in [6, 6.07) is 8.05. The lowest BCUT2D eigenvalue weighted by atomic mass is 9.71. The van der Waals surface area contributed by atoms with E-state index < -0.39 is 22.8 Å². The van der Waals surface area contributed by atoms with Crippen LogP contribution in [-0.4, -0.2) is 60.4 Å². The molecule has 2 radical (unpaired) electrons. The fourth-order valence-corrected chi connectivity index (χ4v) is 4.89. The molecule has 1 aromatic heterocycles. The molecule has 3 N–H and O–H groups in total. The highest BCUT2D eigenvalue weighted by Crippen LogP contribution is 2.28. The third kappa shape index (κ3) is 4.89. The molecule has 12 heteroatoms. The fourth-order valence-electron chi connectivity index (χ4n) is 4.89. The molecule has 0 aliphatic carbocycles. The Morgan fingerprint density at radius 3 is 2.68 bits per heavy atom. The van der Waals surface area contributed by atoms with Crippen LogP contribution in [0.3, 0.4) is 0 Å². The summed E-state index contributed by atoms with van der Waals surface area (Å²) in [5, 5.41) is 2.24. The van der Waals surface area contributed by atoms with Gasteiger partial charge in [-0.25, -0.2) is 9.37 Å². The highest BCUT2D eigenvalue weighted by Gasteiger charge is 2.41. The molecule has 0 bridgehead atoms. The Bertz CT molecular complexity index is 1490. The Kier molecular flexibility index (Phi) is 6.93. The van der Waals surface area contributed by atoms with Crippen molar-refractivity contribution in [1.29, 1.82) is 0 Å². The van der Waals surface area contributed by atoms with Crippen LogP contribution in [0, 0.1) is 12.7 Å². The molecule has 10 nitrogen and oxygen atoms in total. The number of rotatable bonds is 6. The summed E-state index contributed by atoms with van der Waals surface area (Å²) in [7, 11) is 6.30. The Balaban J connectivity index is 1.37. The highest BCUT2D eigenvalue weighted by molar-refractivity contribution is 6.28. The number of carbonyl (C=O) groups is 2. The van der Waals surface area contributed by atoms with Gasteiger partial charge in [-0.15, -0.1) is 0 Å². The molecule has 2 amide bonds. The molecule has 38 heavy (non-hydrogen) atoms. The quantitative estimate of drug-likeness (QED) is 0.282. The van der Waals surface area contributed by atoms with Crippen LogP contribution in [0.1, 0.15) is 29.8 Å². The smallest absolute Gasteiger partial charge is 0.263 e. The Hall–Kier alpha value is -3.77. The van der Waals surface area contributed by atoms with E-state index in [0.29, 0.717) is 31.1 Å². The van der Waals surface area contributed by atoms with Crippen LogP contribution in [0.15, 0.2) is 35.1 Å². The van der Waals surface area contributed by atoms with Gasteiger partial charge in [0.1, 0.15) is 31.8 Å². The number of carbonyl (C=O) groups excluding carboxylic acids is 2. The molecule has 5 rings (SSSR count). The maximum Gasteiger partial charge on any atom is 0.263 e. The molecule has 2 aliphatic rings. The minimum absolute atomic E-state index is 0.0147. The second-order valence-corrected chi connectivity index (χ2v) is 9.61.